The Kier molecular flexibility index (Phi) is 6.95. The Balaban J connectivity index is 1.76. The van der Waals surface area contributed by atoms with Gasteiger partial charge in [0.2, 0.25) is 0 Å². The van der Waals surface area contributed by atoms with E-state index in [1.165, 1.54) is 17.7 Å². The second-order valence-corrected chi connectivity index (χ2v) is 7.77. The average molecular weight is 422 g/mol. The Bertz CT molecular complexity index is 1080. The van der Waals surface area contributed by atoms with Crippen molar-refractivity contribution >= 4 is 5.91 Å². The van der Waals surface area contributed by atoms with Crippen molar-refractivity contribution in [1.29, 1.82) is 0 Å². The Labute approximate surface area is 183 Å². The van der Waals surface area contributed by atoms with E-state index >= 15 is 0 Å². The highest BCUT2D eigenvalue weighted by Gasteiger charge is 2.15. The molecule has 0 saturated heterocycles. The lowest BCUT2D eigenvalue weighted by Gasteiger charge is -2.17. The lowest BCUT2D eigenvalue weighted by molar-refractivity contribution is 0.0939. The zero-order chi connectivity index (χ0) is 22.5. The molecule has 3 aromatic rings. The number of methoxy groups -OCH3 is 1. The Morgan fingerprint density at radius 3 is 2.39 bits per heavy atom. The van der Waals surface area contributed by atoms with E-state index in [1.54, 1.807) is 37.4 Å². The van der Waals surface area contributed by atoms with Crippen LogP contribution >= 0.6 is 0 Å². The first kappa shape index (κ1) is 22.3. The molecule has 1 amide bonds. The first-order chi connectivity index (χ1) is 14.8. The third-order valence-corrected chi connectivity index (χ3v) is 5.41. The van der Waals surface area contributed by atoms with E-state index in [1.807, 2.05) is 26.8 Å². The van der Waals surface area contributed by atoms with Gasteiger partial charge < -0.3 is 14.8 Å². The van der Waals surface area contributed by atoms with Crippen molar-refractivity contribution in [3.63, 3.8) is 0 Å². The molecule has 0 unspecified atom stereocenters. The fourth-order valence-electron chi connectivity index (χ4n) is 3.45. The van der Waals surface area contributed by atoms with Gasteiger partial charge in [0.1, 0.15) is 23.9 Å². The van der Waals surface area contributed by atoms with Crippen LogP contribution in [0.25, 0.3) is 0 Å². The summed E-state index contributed by atoms with van der Waals surface area (Å²) in [5.41, 5.74) is 5.51. The summed E-state index contributed by atoms with van der Waals surface area (Å²) in [7, 11) is 1.59. The number of amides is 1. The Hall–Kier alpha value is -3.34. The molecule has 0 saturated carbocycles. The number of nitrogens with one attached hydrogen (secondary N) is 1. The van der Waals surface area contributed by atoms with Crippen LogP contribution in [0.4, 0.5) is 4.39 Å². The van der Waals surface area contributed by atoms with Crippen LogP contribution in [-0.4, -0.2) is 13.0 Å². The van der Waals surface area contributed by atoms with Gasteiger partial charge in [0.15, 0.2) is 0 Å². The topological polar surface area (TPSA) is 47.6 Å². The second-order valence-electron chi connectivity index (χ2n) is 7.77. The van der Waals surface area contributed by atoms with Gasteiger partial charge in [-0.3, -0.25) is 4.79 Å². The van der Waals surface area contributed by atoms with Crippen LogP contribution in [-0.2, 0) is 6.61 Å². The summed E-state index contributed by atoms with van der Waals surface area (Å²) < 4.78 is 24.7. The van der Waals surface area contributed by atoms with Crippen molar-refractivity contribution in [1.82, 2.24) is 5.32 Å². The van der Waals surface area contributed by atoms with Crippen molar-refractivity contribution in [2.24, 2.45) is 0 Å². The zero-order valence-corrected chi connectivity index (χ0v) is 18.6. The molecule has 5 heteroatoms. The number of rotatable bonds is 7. The number of carbonyl (C=O) groups excluding carboxylic acids is 1. The second kappa shape index (κ2) is 9.65. The first-order valence-corrected chi connectivity index (χ1v) is 10.2. The predicted molar refractivity (Wildman–Crippen MR) is 120 cm³/mol. The summed E-state index contributed by atoms with van der Waals surface area (Å²) in [5, 5.41) is 2.95. The van der Waals surface area contributed by atoms with Gasteiger partial charge >= 0.3 is 0 Å². The molecule has 1 atom stereocenters. The van der Waals surface area contributed by atoms with Crippen LogP contribution in [0.3, 0.4) is 0 Å². The molecule has 0 aliphatic carbocycles. The SMILES string of the molecule is COc1ccc(C(=O)N[C@H](C)c2ccc(F)cc2)cc1COc1cc(C)cc(C)c1C. The highest BCUT2D eigenvalue weighted by molar-refractivity contribution is 5.94. The molecule has 0 bridgehead atoms. The molecular weight excluding hydrogens is 393 g/mol. The van der Waals surface area contributed by atoms with E-state index in [0.717, 1.165) is 28.0 Å². The molecule has 0 fully saturated rings. The molecule has 0 aromatic heterocycles. The zero-order valence-electron chi connectivity index (χ0n) is 18.6. The van der Waals surface area contributed by atoms with Crippen LogP contribution in [0, 0.1) is 26.6 Å². The minimum Gasteiger partial charge on any atom is -0.496 e. The summed E-state index contributed by atoms with van der Waals surface area (Å²) in [6.07, 6.45) is 0. The number of hydrogen-bond acceptors (Lipinski definition) is 3. The smallest absolute Gasteiger partial charge is 0.251 e. The fraction of sp³-hybridized carbons (Fsp3) is 0.269. The normalized spacial score (nSPS) is 11.7. The van der Waals surface area contributed by atoms with E-state index in [4.69, 9.17) is 9.47 Å². The minimum absolute atomic E-state index is 0.219. The van der Waals surface area contributed by atoms with Gasteiger partial charge in [0, 0.05) is 11.1 Å². The maximum absolute atomic E-state index is 13.1. The standard InChI is InChI=1S/C26H28FNO3/c1-16-12-17(2)18(3)25(13-16)31-15-22-14-21(8-11-24(22)30-5)26(29)28-19(4)20-6-9-23(27)10-7-20/h6-14,19H,15H2,1-5H3,(H,28,29)/t19-/m1/s1. The van der Waals surface area contributed by atoms with Gasteiger partial charge in [-0.25, -0.2) is 4.39 Å². The van der Waals surface area contributed by atoms with Crippen LogP contribution in [0.1, 0.15) is 51.1 Å². The van der Waals surface area contributed by atoms with Crippen LogP contribution in [0.5, 0.6) is 11.5 Å². The molecule has 3 rings (SSSR count). The third-order valence-electron chi connectivity index (χ3n) is 5.41. The lowest BCUT2D eigenvalue weighted by atomic mass is 10.1. The van der Waals surface area contributed by atoms with Gasteiger partial charge in [-0.1, -0.05) is 18.2 Å². The maximum atomic E-state index is 13.1. The van der Waals surface area contributed by atoms with Crippen molar-refractivity contribution in [2.45, 2.75) is 40.3 Å². The van der Waals surface area contributed by atoms with E-state index in [2.05, 4.69) is 18.3 Å². The van der Waals surface area contributed by atoms with Gasteiger partial charge in [0.05, 0.1) is 13.2 Å². The molecular formula is C26H28FNO3. The summed E-state index contributed by atoms with van der Waals surface area (Å²) in [6.45, 7) is 8.27. The molecule has 4 nitrogen and oxygen atoms in total. The van der Waals surface area contributed by atoms with Crippen LogP contribution in [0.15, 0.2) is 54.6 Å². The van der Waals surface area contributed by atoms with Gasteiger partial charge in [-0.15, -0.1) is 0 Å². The molecule has 0 aliphatic rings. The highest BCUT2D eigenvalue weighted by Crippen LogP contribution is 2.27. The summed E-state index contributed by atoms with van der Waals surface area (Å²) >= 11 is 0. The predicted octanol–water partition coefficient (Wildman–Crippen LogP) is 5.83. The monoisotopic (exact) mass is 421 g/mol. The van der Waals surface area contributed by atoms with E-state index in [0.29, 0.717) is 11.3 Å². The molecule has 0 radical (unpaired) electrons. The highest BCUT2D eigenvalue weighted by atomic mass is 19.1. The largest absolute Gasteiger partial charge is 0.496 e. The van der Waals surface area contributed by atoms with Crippen LogP contribution < -0.4 is 14.8 Å². The summed E-state index contributed by atoms with van der Waals surface area (Å²) in [5.74, 6) is 0.953. The van der Waals surface area contributed by atoms with E-state index < -0.39 is 0 Å². The maximum Gasteiger partial charge on any atom is 0.251 e. The fourth-order valence-corrected chi connectivity index (χ4v) is 3.45. The number of halogens is 1. The van der Waals surface area contributed by atoms with Gasteiger partial charge in [0.25, 0.3) is 5.91 Å². The van der Waals surface area contributed by atoms with Crippen molar-refractivity contribution < 1.29 is 18.7 Å². The van der Waals surface area contributed by atoms with E-state index in [-0.39, 0.29) is 24.4 Å². The number of aryl methyl sites for hydroxylation is 2. The summed E-state index contributed by atoms with van der Waals surface area (Å²) in [4.78, 5) is 12.8. The van der Waals surface area contributed by atoms with Crippen molar-refractivity contribution in [3.05, 3.63) is 93.8 Å². The van der Waals surface area contributed by atoms with Crippen molar-refractivity contribution in [2.75, 3.05) is 7.11 Å². The third kappa shape index (κ3) is 5.43. The Morgan fingerprint density at radius 2 is 1.71 bits per heavy atom. The number of ether oxygens (including phenoxy) is 2. The number of benzene rings is 3. The van der Waals surface area contributed by atoms with Gasteiger partial charge in [-0.05, 0) is 86.3 Å². The van der Waals surface area contributed by atoms with E-state index in [9.17, 15) is 9.18 Å². The molecule has 0 spiro atoms. The molecule has 3 aromatic carbocycles. The minimum atomic E-state index is -0.305. The van der Waals surface area contributed by atoms with Gasteiger partial charge in [-0.2, -0.15) is 0 Å². The molecule has 31 heavy (non-hydrogen) atoms. The quantitative estimate of drug-likeness (QED) is 0.522. The Morgan fingerprint density at radius 1 is 1.00 bits per heavy atom. The van der Waals surface area contributed by atoms with Crippen LogP contribution in [0.2, 0.25) is 0 Å². The first-order valence-electron chi connectivity index (χ1n) is 10.2. The molecule has 0 heterocycles. The molecule has 162 valence electrons. The molecule has 0 aliphatic heterocycles. The van der Waals surface area contributed by atoms with Crippen molar-refractivity contribution in [3.8, 4) is 11.5 Å². The summed E-state index contributed by atoms with van der Waals surface area (Å²) in [6, 6.07) is 15.2. The number of hydrogen-bond donors (Lipinski definition) is 1. The molecule has 1 N–H and O–H groups in total. The average Bonchev–Trinajstić information content (AvgIpc) is 2.75. The number of carbonyl (C=O) groups is 1. The lowest BCUT2D eigenvalue weighted by Crippen LogP contribution is -2.26.